The van der Waals surface area contributed by atoms with Crippen LogP contribution < -0.4 is 4.18 Å². The van der Waals surface area contributed by atoms with Crippen LogP contribution in [-0.2, 0) is 10.1 Å². The summed E-state index contributed by atoms with van der Waals surface area (Å²) < 4.78 is 29.5. The minimum absolute atomic E-state index is 0.0641. The quantitative estimate of drug-likeness (QED) is 0.696. The molecular weight excluding hydrogens is 286 g/mol. The fourth-order valence-corrected chi connectivity index (χ4v) is 2.84. The molecule has 0 aliphatic heterocycles. The highest BCUT2D eigenvalue weighted by molar-refractivity contribution is 7.87. The summed E-state index contributed by atoms with van der Waals surface area (Å²) in [6, 6.07) is 17.3. The third kappa shape index (κ3) is 2.87. The van der Waals surface area contributed by atoms with Crippen molar-refractivity contribution in [1.82, 2.24) is 4.98 Å². The molecule has 3 rings (SSSR count). The normalized spacial score (nSPS) is 11.5. The molecule has 4 nitrogen and oxygen atoms in total. The van der Waals surface area contributed by atoms with Gasteiger partial charge in [0.25, 0.3) is 0 Å². The first-order chi connectivity index (χ1) is 10.0. The Morgan fingerprint density at radius 2 is 1.62 bits per heavy atom. The molecule has 106 valence electrons. The van der Waals surface area contributed by atoms with Gasteiger partial charge in [0.15, 0.2) is 0 Å². The zero-order chi connectivity index (χ0) is 14.9. The van der Waals surface area contributed by atoms with E-state index in [1.165, 1.54) is 12.1 Å². The lowest BCUT2D eigenvalue weighted by molar-refractivity contribution is 0.477. The predicted octanol–water partition coefficient (Wildman–Crippen LogP) is 3.31. The highest BCUT2D eigenvalue weighted by Crippen LogP contribution is 2.20. The van der Waals surface area contributed by atoms with E-state index in [4.69, 9.17) is 4.18 Å². The van der Waals surface area contributed by atoms with Gasteiger partial charge in [-0.2, -0.15) is 8.42 Å². The lowest BCUT2D eigenvalue weighted by Gasteiger charge is -2.07. The highest BCUT2D eigenvalue weighted by Gasteiger charge is 2.17. The number of para-hydroxylation sites is 1. The molecule has 0 spiro atoms. The van der Waals surface area contributed by atoms with E-state index in [1.807, 2.05) is 25.1 Å². The zero-order valence-corrected chi connectivity index (χ0v) is 12.2. The van der Waals surface area contributed by atoms with Crippen molar-refractivity contribution in [3.05, 3.63) is 66.2 Å². The lowest BCUT2D eigenvalue weighted by atomic mass is 10.2. The minimum atomic E-state index is -3.86. The van der Waals surface area contributed by atoms with Gasteiger partial charge in [0, 0.05) is 11.5 Å². The number of pyridine rings is 1. The van der Waals surface area contributed by atoms with E-state index in [0.29, 0.717) is 5.52 Å². The Morgan fingerprint density at radius 1 is 0.905 bits per heavy atom. The third-order valence-electron chi connectivity index (χ3n) is 3.08. The molecular formula is C16H13NO3S. The molecule has 0 fully saturated rings. The maximum absolute atomic E-state index is 12.2. The first-order valence-corrected chi connectivity index (χ1v) is 7.82. The number of hydrogen-bond acceptors (Lipinski definition) is 4. The molecule has 0 atom stereocenters. The van der Waals surface area contributed by atoms with Crippen LogP contribution in [0.5, 0.6) is 5.88 Å². The SMILES string of the molecule is Cc1ccc(S(=O)(=O)Oc2ccc3ccccc3n2)cc1. The second-order valence-electron chi connectivity index (χ2n) is 4.69. The second-order valence-corrected chi connectivity index (χ2v) is 6.24. The van der Waals surface area contributed by atoms with Crippen molar-refractivity contribution in [2.24, 2.45) is 0 Å². The van der Waals surface area contributed by atoms with Crippen molar-refractivity contribution in [1.29, 1.82) is 0 Å². The summed E-state index contributed by atoms with van der Waals surface area (Å²) in [7, 11) is -3.86. The van der Waals surface area contributed by atoms with Crippen LogP contribution in [0.25, 0.3) is 10.9 Å². The van der Waals surface area contributed by atoms with Gasteiger partial charge in [0.2, 0.25) is 5.88 Å². The van der Waals surface area contributed by atoms with Crippen molar-refractivity contribution in [2.75, 3.05) is 0 Å². The van der Waals surface area contributed by atoms with E-state index in [-0.39, 0.29) is 10.8 Å². The van der Waals surface area contributed by atoms with Gasteiger partial charge in [-0.3, -0.25) is 0 Å². The van der Waals surface area contributed by atoms with Crippen molar-refractivity contribution in [3.63, 3.8) is 0 Å². The fourth-order valence-electron chi connectivity index (χ4n) is 1.96. The van der Waals surface area contributed by atoms with Gasteiger partial charge in [-0.15, -0.1) is 0 Å². The third-order valence-corrected chi connectivity index (χ3v) is 4.32. The van der Waals surface area contributed by atoms with Crippen LogP contribution in [0.4, 0.5) is 0 Å². The number of benzene rings is 2. The minimum Gasteiger partial charge on any atom is -0.358 e. The molecule has 0 aliphatic rings. The van der Waals surface area contributed by atoms with E-state index in [0.717, 1.165) is 10.9 Å². The molecule has 21 heavy (non-hydrogen) atoms. The maximum Gasteiger partial charge on any atom is 0.340 e. The van der Waals surface area contributed by atoms with Crippen LogP contribution in [0.3, 0.4) is 0 Å². The number of aromatic nitrogens is 1. The molecule has 3 aromatic rings. The summed E-state index contributed by atoms with van der Waals surface area (Å²) in [5.41, 5.74) is 1.67. The summed E-state index contributed by atoms with van der Waals surface area (Å²) in [6.07, 6.45) is 0. The van der Waals surface area contributed by atoms with E-state index in [1.54, 1.807) is 30.3 Å². The average Bonchev–Trinajstić information content (AvgIpc) is 2.47. The van der Waals surface area contributed by atoms with Gasteiger partial charge >= 0.3 is 10.1 Å². The monoisotopic (exact) mass is 299 g/mol. The van der Waals surface area contributed by atoms with Crippen molar-refractivity contribution >= 4 is 21.0 Å². The number of rotatable bonds is 3. The van der Waals surface area contributed by atoms with E-state index < -0.39 is 10.1 Å². The molecule has 5 heteroatoms. The maximum atomic E-state index is 12.2. The van der Waals surface area contributed by atoms with Crippen LogP contribution in [0.1, 0.15) is 5.56 Å². The molecule has 0 amide bonds. The van der Waals surface area contributed by atoms with Crippen molar-refractivity contribution in [3.8, 4) is 5.88 Å². The zero-order valence-electron chi connectivity index (χ0n) is 11.4. The summed E-state index contributed by atoms with van der Waals surface area (Å²) in [6.45, 7) is 1.89. The van der Waals surface area contributed by atoms with Gasteiger partial charge < -0.3 is 4.18 Å². The number of hydrogen-bond donors (Lipinski definition) is 0. The predicted molar refractivity (Wildman–Crippen MR) is 80.7 cm³/mol. The topological polar surface area (TPSA) is 56.3 Å². The molecule has 2 aromatic carbocycles. The Kier molecular flexibility index (Phi) is 3.35. The number of aryl methyl sites for hydroxylation is 1. The second kappa shape index (κ2) is 5.18. The molecule has 0 aliphatic carbocycles. The molecule has 0 N–H and O–H groups in total. The van der Waals surface area contributed by atoms with Gasteiger partial charge in [-0.05, 0) is 31.2 Å². The highest BCUT2D eigenvalue weighted by atomic mass is 32.2. The smallest absolute Gasteiger partial charge is 0.340 e. The number of fused-ring (bicyclic) bond motifs is 1. The van der Waals surface area contributed by atoms with Crippen LogP contribution in [0, 0.1) is 6.92 Å². The summed E-state index contributed by atoms with van der Waals surface area (Å²) in [4.78, 5) is 4.32. The Balaban J connectivity index is 1.95. The van der Waals surface area contributed by atoms with Gasteiger partial charge in [-0.1, -0.05) is 35.9 Å². The largest absolute Gasteiger partial charge is 0.358 e. The summed E-state index contributed by atoms with van der Waals surface area (Å²) >= 11 is 0. The lowest BCUT2D eigenvalue weighted by Crippen LogP contribution is -2.10. The van der Waals surface area contributed by atoms with Crippen LogP contribution in [-0.4, -0.2) is 13.4 Å². The van der Waals surface area contributed by atoms with Gasteiger partial charge in [0.05, 0.1) is 5.52 Å². The average molecular weight is 299 g/mol. The number of nitrogens with zero attached hydrogens (tertiary/aromatic N) is 1. The van der Waals surface area contributed by atoms with Crippen molar-refractivity contribution in [2.45, 2.75) is 11.8 Å². The summed E-state index contributed by atoms with van der Waals surface area (Å²) in [5, 5.41) is 0.928. The summed E-state index contributed by atoms with van der Waals surface area (Å²) in [5.74, 6) is 0.0641. The first kappa shape index (κ1) is 13.6. The van der Waals surface area contributed by atoms with Crippen LogP contribution in [0.2, 0.25) is 0 Å². The van der Waals surface area contributed by atoms with Crippen molar-refractivity contribution < 1.29 is 12.6 Å². The van der Waals surface area contributed by atoms with Crippen LogP contribution in [0.15, 0.2) is 65.6 Å². The Hall–Kier alpha value is -2.40. The van der Waals surface area contributed by atoms with E-state index >= 15 is 0 Å². The van der Waals surface area contributed by atoms with Gasteiger partial charge in [0.1, 0.15) is 4.90 Å². The molecule has 1 aromatic heterocycles. The molecule has 0 saturated heterocycles. The Bertz CT molecular complexity index is 887. The van der Waals surface area contributed by atoms with E-state index in [9.17, 15) is 8.42 Å². The van der Waals surface area contributed by atoms with Crippen LogP contribution >= 0.6 is 0 Å². The molecule has 0 unspecified atom stereocenters. The molecule has 1 heterocycles. The van der Waals surface area contributed by atoms with E-state index in [2.05, 4.69) is 4.98 Å². The molecule has 0 bridgehead atoms. The standard InChI is InChI=1S/C16H13NO3S/c1-12-6-9-14(10-7-12)21(18,19)20-16-11-8-13-4-2-3-5-15(13)17-16/h2-11H,1H3. The molecule has 0 radical (unpaired) electrons. The Labute approximate surface area is 123 Å². The first-order valence-electron chi connectivity index (χ1n) is 6.41. The fraction of sp³-hybridized carbons (Fsp3) is 0.0625. The molecule has 0 saturated carbocycles. The Morgan fingerprint density at radius 3 is 2.38 bits per heavy atom. The van der Waals surface area contributed by atoms with Gasteiger partial charge in [-0.25, -0.2) is 4.98 Å².